The van der Waals surface area contributed by atoms with Gasteiger partial charge in [-0.1, -0.05) is 25.0 Å². The van der Waals surface area contributed by atoms with Crippen molar-refractivity contribution in [2.45, 2.75) is 65.1 Å². The maximum Gasteiger partial charge on any atom is 0.407 e. The van der Waals surface area contributed by atoms with Crippen molar-refractivity contribution in [3.63, 3.8) is 0 Å². The summed E-state index contributed by atoms with van der Waals surface area (Å²) in [5, 5.41) is 12.6. The Morgan fingerprint density at radius 1 is 1.29 bits per heavy atom. The topological polar surface area (TPSA) is 84.3 Å². The second-order valence-corrected chi connectivity index (χ2v) is 6.77. The van der Waals surface area contributed by atoms with Crippen molar-refractivity contribution in [3.8, 4) is 0 Å². The van der Waals surface area contributed by atoms with Crippen LogP contribution in [0.5, 0.6) is 0 Å². The lowest BCUT2D eigenvalue weighted by atomic mass is 10.1. The van der Waals surface area contributed by atoms with Crippen molar-refractivity contribution in [1.29, 1.82) is 0 Å². The Kier molecular flexibility index (Phi) is 8.40. The Hall–Kier alpha value is -1.95. The minimum absolute atomic E-state index is 0.384. The molecule has 134 valence electrons. The molecule has 1 unspecified atom stereocenters. The van der Waals surface area contributed by atoms with E-state index in [1.54, 1.807) is 18.5 Å². The average Bonchev–Trinajstić information content (AvgIpc) is 2.48. The van der Waals surface area contributed by atoms with Crippen LogP contribution < -0.4 is 5.32 Å². The lowest BCUT2D eigenvalue weighted by molar-refractivity contribution is 0.0526. The molecule has 1 rings (SSSR count). The fourth-order valence-corrected chi connectivity index (χ4v) is 1.97. The molecule has 1 aromatic rings. The first-order chi connectivity index (χ1) is 11.3. The van der Waals surface area contributed by atoms with Crippen LogP contribution in [-0.4, -0.2) is 39.4 Å². The van der Waals surface area contributed by atoms with E-state index in [1.165, 1.54) is 0 Å². The van der Waals surface area contributed by atoms with Crippen LogP contribution in [0.2, 0.25) is 0 Å². The fourth-order valence-electron chi connectivity index (χ4n) is 1.97. The van der Waals surface area contributed by atoms with Gasteiger partial charge in [-0.25, -0.2) is 14.8 Å². The number of aliphatic hydroxyl groups excluding tert-OH is 1. The van der Waals surface area contributed by atoms with E-state index in [2.05, 4.69) is 15.3 Å². The molecule has 0 saturated heterocycles. The van der Waals surface area contributed by atoms with Crippen LogP contribution >= 0.6 is 0 Å². The number of rotatable bonds is 8. The maximum absolute atomic E-state index is 11.4. The number of aromatic nitrogens is 2. The van der Waals surface area contributed by atoms with Crippen LogP contribution in [0.4, 0.5) is 4.79 Å². The van der Waals surface area contributed by atoms with Gasteiger partial charge in [0.2, 0.25) is 0 Å². The zero-order chi connectivity index (χ0) is 18.0. The minimum atomic E-state index is -0.481. The molecule has 0 spiro atoms. The summed E-state index contributed by atoms with van der Waals surface area (Å²) in [5.74, 6) is 0.729. The van der Waals surface area contributed by atoms with Gasteiger partial charge in [-0.05, 0) is 40.5 Å². The molecule has 0 aromatic carbocycles. The highest BCUT2D eigenvalue weighted by atomic mass is 16.6. The van der Waals surface area contributed by atoms with E-state index < -0.39 is 11.7 Å². The van der Waals surface area contributed by atoms with Crippen molar-refractivity contribution >= 4 is 12.2 Å². The Morgan fingerprint density at radius 2 is 1.96 bits per heavy atom. The molecule has 1 aromatic heterocycles. The van der Waals surface area contributed by atoms with E-state index in [1.807, 2.05) is 33.8 Å². The summed E-state index contributed by atoms with van der Waals surface area (Å²) in [6.45, 7) is 7.93. The van der Waals surface area contributed by atoms with Crippen LogP contribution in [0.3, 0.4) is 0 Å². The van der Waals surface area contributed by atoms with E-state index in [9.17, 15) is 9.90 Å². The number of aliphatic hydroxyl groups is 1. The predicted octanol–water partition coefficient (Wildman–Crippen LogP) is 3.24. The number of hydrogen-bond acceptors (Lipinski definition) is 5. The van der Waals surface area contributed by atoms with Gasteiger partial charge in [-0.15, -0.1) is 0 Å². The molecule has 2 N–H and O–H groups in total. The molecule has 0 fully saturated rings. The molecule has 0 saturated carbocycles. The van der Waals surface area contributed by atoms with Gasteiger partial charge in [0.1, 0.15) is 11.4 Å². The van der Waals surface area contributed by atoms with E-state index in [-0.39, 0.29) is 6.09 Å². The number of aryl methyl sites for hydroxylation is 1. The predicted molar refractivity (Wildman–Crippen MR) is 94.5 cm³/mol. The van der Waals surface area contributed by atoms with Gasteiger partial charge in [0.05, 0.1) is 6.10 Å². The highest BCUT2D eigenvalue weighted by molar-refractivity contribution is 5.67. The number of ether oxygens (including phenoxy) is 1. The Morgan fingerprint density at radius 3 is 2.58 bits per heavy atom. The van der Waals surface area contributed by atoms with Crippen LogP contribution in [0, 0.1) is 6.92 Å². The number of nitrogens with zero attached hydrogens (tertiary/aromatic N) is 2. The van der Waals surface area contributed by atoms with Crippen LogP contribution in [0.15, 0.2) is 18.5 Å². The number of hydrogen-bond donors (Lipinski definition) is 2. The van der Waals surface area contributed by atoms with Crippen molar-refractivity contribution in [2.75, 3.05) is 6.54 Å². The zero-order valence-electron chi connectivity index (χ0n) is 15.1. The molecule has 0 aliphatic carbocycles. The summed E-state index contributed by atoms with van der Waals surface area (Å²) in [7, 11) is 0. The lowest BCUT2D eigenvalue weighted by Gasteiger charge is -2.19. The van der Waals surface area contributed by atoms with E-state index >= 15 is 0 Å². The van der Waals surface area contributed by atoms with Gasteiger partial charge in [-0.3, -0.25) is 0 Å². The molecular weight excluding hydrogens is 306 g/mol. The monoisotopic (exact) mass is 335 g/mol. The zero-order valence-corrected chi connectivity index (χ0v) is 15.1. The first kappa shape index (κ1) is 20.1. The molecule has 24 heavy (non-hydrogen) atoms. The third-order valence-corrected chi connectivity index (χ3v) is 3.16. The van der Waals surface area contributed by atoms with Gasteiger partial charge >= 0.3 is 6.09 Å². The number of alkyl carbamates (subject to hydrolysis) is 1. The Bertz CT molecular complexity index is 521. The Labute approximate surface area is 144 Å². The molecular formula is C18H29N3O3. The van der Waals surface area contributed by atoms with Gasteiger partial charge in [0.25, 0.3) is 0 Å². The molecule has 6 heteroatoms. The summed E-state index contributed by atoms with van der Waals surface area (Å²) in [5.41, 5.74) is 0.407. The SMILES string of the molecule is Cc1ncc(C=CC(O)CCCCCNC(=O)OC(C)(C)C)cn1. The van der Waals surface area contributed by atoms with Crippen molar-refractivity contribution in [3.05, 3.63) is 29.9 Å². The number of carbonyl (C=O) groups is 1. The van der Waals surface area contributed by atoms with Crippen LogP contribution in [-0.2, 0) is 4.74 Å². The van der Waals surface area contributed by atoms with E-state index in [0.29, 0.717) is 13.0 Å². The number of carbonyl (C=O) groups excluding carboxylic acids is 1. The molecule has 0 radical (unpaired) electrons. The van der Waals surface area contributed by atoms with E-state index in [4.69, 9.17) is 4.74 Å². The van der Waals surface area contributed by atoms with Gasteiger partial charge in [0.15, 0.2) is 0 Å². The largest absolute Gasteiger partial charge is 0.444 e. The molecule has 1 heterocycles. The summed E-state index contributed by atoms with van der Waals surface area (Å²) in [6.07, 6.45) is 9.57. The fraction of sp³-hybridized carbons (Fsp3) is 0.611. The highest BCUT2D eigenvalue weighted by Crippen LogP contribution is 2.08. The van der Waals surface area contributed by atoms with Gasteiger partial charge in [0, 0.05) is 24.5 Å². The van der Waals surface area contributed by atoms with Gasteiger partial charge in [-0.2, -0.15) is 0 Å². The first-order valence-corrected chi connectivity index (χ1v) is 8.38. The summed E-state index contributed by atoms with van der Waals surface area (Å²) >= 11 is 0. The normalized spacial score (nSPS) is 13.0. The number of unbranched alkanes of at least 4 members (excludes halogenated alkanes) is 2. The standard InChI is InChI=1S/C18H29N3O3/c1-14-20-12-15(13-21-14)9-10-16(22)8-6-5-7-11-19-17(23)24-18(2,3)4/h9-10,12-13,16,22H,5-8,11H2,1-4H3,(H,19,23). The molecule has 0 bridgehead atoms. The molecule has 0 aliphatic heterocycles. The third-order valence-electron chi connectivity index (χ3n) is 3.16. The molecule has 1 atom stereocenters. The smallest absolute Gasteiger partial charge is 0.407 e. The minimum Gasteiger partial charge on any atom is -0.444 e. The number of amides is 1. The van der Waals surface area contributed by atoms with Crippen molar-refractivity contribution < 1.29 is 14.6 Å². The third kappa shape index (κ3) is 9.94. The van der Waals surface area contributed by atoms with Gasteiger partial charge < -0.3 is 15.2 Å². The molecule has 6 nitrogen and oxygen atoms in total. The van der Waals surface area contributed by atoms with E-state index in [0.717, 1.165) is 30.7 Å². The van der Waals surface area contributed by atoms with Crippen molar-refractivity contribution in [1.82, 2.24) is 15.3 Å². The quantitative estimate of drug-likeness (QED) is 0.712. The average molecular weight is 335 g/mol. The second-order valence-electron chi connectivity index (χ2n) is 6.77. The second kappa shape index (κ2) is 10.0. The highest BCUT2D eigenvalue weighted by Gasteiger charge is 2.15. The molecule has 0 aliphatic rings. The summed E-state index contributed by atoms with van der Waals surface area (Å²) in [4.78, 5) is 19.6. The molecule has 1 amide bonds. The lowest BCUT2D eigenvalue weighted by Crippen LogP contribution is -2.32. The summed E-state index contributed by atoms with van der Waals surface area (Å²) < 4.78 is 5.15. The number of nitrogens with one attached hydrogen (secondary N) is 1. The van der Waals surface area contributed by atoms with Crippen LogP contribution in [0.1, 0.15) is 57.8 Å². The summed E-state index contributed by atoms with van der Waals surface area (Å²) in [6, 6.07) is 0. The van der Waals surface area contributed by atoms with Crippen molar-refractivity contribution in [2.24, 2.45) is 0 Å². The maximum atomic E-state index is 11.4. The van der Waals surface area contributed by atoms with Crippen LogP contribution in [0.25, 0.3) is 6.08 Å². The first-order valence-electron chi connectivity index (χ1n) is 8.38. The Balaban J connectivity index is 2.10.